The monoisotopic (exact) mass is 188 g/mol. The van der Waals surface area contributed by atoms with Crippen molar-refractivity contribution < 1.29 is 9.47 Å². The van der Waals surface area contributed by atoms with Gasteiger partial charge in [0.15, 0.2) is 11.5 Å². The van der Waals surface area contributed by atoms with Crippen LogP contribution >= 0.6 is 0 Å². The number of hydrogen-bond acceptors (Lipinski definition) is 4. The Kier molecular flexibility index (Phi) is 5.94. The van der Waals surface area contributed by atoms with Crippen LogP contribution in [0.1, 0.15) is 0 Å². The summed E-state index contributed by atoms with van der Waals surface area (Å²) >= 11 is 0. The molecule has 1 aromatic rings. The Morgan fingerprint density at radius 1 is 0.929 bits per heavy atom. The average Bonchev–Trinajstić information content (AvgIpc) is 2.25. The number of rotatable bonds is 2. The van der Waals surface area contributed by atoms with Gasteiger partial charge in [-0.3, -0.25) is 0 Å². The standard InChI is InChI=1S/C8H4N2O2.C2H4/c9-5-11-7-3-1-2-4-8(7)12-6-10;1-2/h1-4H;1-2H2. The van der Waals surface area contributed by atoms with Crippen molar-refractivity contribution in [1.82, 2.24) is 0 Å². The van der Waals surface area contributed by atoms with Crippen molar-refractivity contribution in [3.8, 4) is 24.0 Å². The van der Waals surface area contributed by atoms with E-state index in [1.165, 1.54) is 24.6 Å². The average molecular weight is 188 g/mol. The largest absolute Gasteiger partial charge is 0.384 e. The summed E-state index contributed by atoms with van der Waals surface area (Å²) in [5.41, 5.74) is 0. The lowest BCUT2D eigenvalue weighted by Gasteiger charge is -1.99. The Morgan fingerprint density at radius 3 is 1.57 bits per heavy atom. The second-order valence-corrected chi connectivity index (χ2v) is 1.83. The van der Waals surface area contributed by atoms with E-state index >= 15 is 0 Å². The summed E-state index contributed by atoms with van der Waals surface area (Å²) < 4.78 is 9.04. The Balaban J connectivity index is 0.000000791. The molecule has 4 heteroatoms. The van der Waals surface area contributed by atoms with Gasteiger partial charge in [-0.15, -0.1) is 23.7 Å². The lowest BCUT2D eigenvalue weighted by Crippen LogP contribution is -1.87. The number of nitrogens with zero attached hydrogens (tertiary/aromatic N) is 2. The van der Waals surface area contributed by atoms with Crippen LogP contribution in [-0.4, -0.2) is 0 Å². The molecule has 0 heterocycles. The molecule has 0 aliphatic rings. The molecule has 0 spiro atoms. The Hall–Kier alpha value is -2.46. The predicted octanol–water partition coefficient (Wildman–Crippen LogP) is 2.21. The zero-order chi connectivity index (χ0) is 10.8. The molecule has 0 radical (unpaired) electrons. The Morgan fingerprint density at radius 2 is 1.29 bits per heavy atom. The van der Waals surface area contributed by atoms with Gasteiger partial charge in [0.25, 0.3) is 12.5 Å². The van der Waals surface area contributed by atoms with Gasteiger partial charge >= 0.3 is 0 Å². The number of nitriles is 2. The molecule has 0 aliphatic heterocycles. The maximum atomic E-state index is 8.20. The first-order valence-electron chi connectivity index (χ1n) is 3.59. The Bertz CT molecular complexity index is 328. The van der Waals surface area contributed by atoms with E-state index in [1.807, 2.05) is 0 Å². The molecule has 1 aromatic carbocycles. The fraction of sp³-hybridized carbons (Fsp3) is 0. The fourth-order valence-electron chi connectivity index (χ4n) is 0.717. The number of ether oxygens (including phenoxy) is 2. The van der Waals surface area contributed by atoms with E-state index < -0.39 is 0 Å². The molecule has 0 fully saturated rings. The van der Waals surface area contributed by atoms with Crippen LogP contribution in [0.15, 0.2) is 37.4 Å². The highest BCUT2D eigenvalue weighted by Crippen LogP contribution is 2.25. The van der Waals surface area contributed by atoms with Crippen LogP contribution in [0.25, 0.3) is 0 Å². The molecule has 0 bridgehead atoms. The van der Waals surface area contributed by atoms with Crippen molar-refractivity contribution in [2.45, 2.75) is 0 Å². The second kappa shape index (κ2) is 7.20. The van der Waals surface area contributed by atoms with Crippen molar-refractivity contribution in [3.05, 3.63) is 37.4 Å². The van der Waals surface area contributed by atoms with Gasteiger partial charge in [0, 0.05) is 0 Å². The van der Waals surface area contributed by atoms with E-state index in [0.717, 1.165) is 0 Å². The summed E-state index contributed by atoms with van der Waals surface area (Å²) in [5, 5.41) is 16.4. The van der Waals surface area contributed by atoms with E-state index in [4.69, 9.17) is 10.5 Å². The molecule has 0 atom stereocenters. The third-order valence-corrected chi connectivity index (χ3v) is 1.16. The quantitative estimate of drug-likeness (QED) is 0.527. The SMILES string of the molecule is C=C.N#COc1ccccc1OC#N. The molecule has 0 amide bonds. The molecular formula is C10H8N2O2. The van der Waals surface area contributed by atoms with Crippen molar-refractivity contribution in [2.24, 2.45) is 0 Å². The van der Waals surface area contributed by atoms with E-state index in [9.17, 15) is 0 Å². The van der Waals surface area contributed by atoms with Crippen LogP contribution in [0.5, 0.6) is 11.5 Å². The first-order valence-corrected chi connectivity index (χ1v) is 3.59. The topological polar surface area (TPSA) is 66.0 Å². The summed E-state index contributed by atoms with van der Waals surface area (Å²) in [6.07, 6.45) is 2.99. The molecule has 0 unspecified atom stereocenters. The number of para-hydroxylation sites is 2. The minimum absolute atomic E-state index is 0.238. The maximum Gasteiger partial charge on any atom is 0.292 e. The number of hydrogen-bond donors (Lipinski definition) is 0. The minimum Gasteiger partial charge on any atom is -0.384 e. The second-order valence-electron chi connectivity index (χ2n) is 1.83. The van der Waals surface area contributed by atoms with Gasteiger partial charge in [-0.1, -0.05) is 12.1 Å². The first-order chi connectivity index (χ1) is 6.88. The predicted molar refractivity (Wildman–Crippen MR) is 50.2 cm³/mol. The van der Waals surface area contributed by atoms with Gasteiger partial charge in [0.2, 0.25) is 0 Å². The molecule has 0 aromatic heterocycles. The van der Waals surface area contributed by atoms with E-state index in [1.54, 1.807) is 12.1 Å². The summed E-state index contributed by atoms with van der Waals surface area (Å²) in [6.45, 7) is 6.00. The summed E-state index contributed by atoms with van der Waals surface area (Å²) in [5.74, 6) is 0.475. The lowest BCUT2D eigenvalue weighted by atomic mass is 10.3. The van der Waals surface area contributed by atoms with E-state index in [-0.39, 0.29) is 11.5 Å². The maximum absolute atomic E-state index is 8.20. The van der Waals surface area contributed by atoms with Crippen molar-refractivity contribution in [1.29, 1.82) is 10.5 Å². The van der Waals surface area contributed by atoms with Gasteiger partial charge in [-0.05, 0) is 12.1 Å². The van der Waals surface area contributed by atoms with Crippen LogP contribution in [0.3, 0.4) is 0 Å². The molecule has 70 valence electrons. The molecular weight excluding hydrogens is 180 g/mol. The van der Waals surface area contributed by atoms with Crippen LogP contribution in [0.2, 0.25) is 0 Å². The Labute approximate surface area is 82.2 Å². The highest BCUT2D eigenvalue weighted by molar-refractivity contribution is 5.40. The van der Waals surface area contributed by atoms with Crippen LogP contribution in [-0.2, 0) is 0 Å². The van der Waals surface area contributed by atoms with Crippen molar-refractivity contribution >= 4 is 0 Å². The van der Waals surface area contributed by atoms with Crippen molar-refractivity contribution in [3.63, 3.8) is 0 Å². The third kappa shape index (κ3) is 3.29. The van der Waals surface area contributed by atoms with E-state index in [0.29, 0.717) is 0 Å². The lowest BCUT2D eigenvalue weighted by molar-refractivity contribution is 0.441. The van der Waals surface area contributed by atoms with Gasteiger partial charge in [0.1, 0.15) is 0 Å². The van der Waals surface area contributed by atoms with Gasteiger partial charge < -0.3 is 9.47 Å². The number of benzene rings is 1. The van der Waals surface area contributed by atoms with Crippen LogP contribution < -0.4 is 9.47 Å². The zero-order valence-corrected chi connectivity index (χ0v) is 7.43. The first kappa shape index (κ1) is 11.5. The highest BCUT2D eigenvalue weighted by Gasteiger charge is 2.02. The molecule has 4 nitrogen and oxygen atoms in total. The zero-order valence-electron chi connectivity index (χ0n) is 7.43. The minimum atomic E-state index is 0.238. The molecule has 14 heavy (non-hydrogen) atoms. The normalized spacial score (nSPS) is 7.00. The van der Waals surface area contributed by atoms with Gasteiger partial charge in [0.05, 0.1) is 0 Å². The fourth-order valence-corrected chi connectivity index (χ4v) is 0.717. The van der Waals surface area contributed by atoms with Gasteiger partial charge in [-0.2, -0.15) is 0 Å². The summed E-state index contributed by atoms with van der Waals surface area (Å²) in [6, 6.07) is 6.43. The third-order valence-electron chi connectivity index (χ3n) is 1.16. The molecule has 0 saturated carbocycles. The smallest absolute Gasteiger partial charge is 0.292 e. The summed E-state index contributed by atoms with van der Waals surface area (Å²) in [7, 11) is 0. The highest BCUT2D eigenvalue weighted by atomic mass is 16.5. The van der Waals surface area contributed by atoms with Crippen LogP contribution in [0.4, 0.5) is 0 Å². The van der Waals surface area contributed by atoms with Crippen LogP contribution in [0, 0.1) is 23.0 Å². The molecule has 0 aliphatic carbocycles. The molecule has 0 saturated heterocycles. The van der Waals surface area contributed by atoms with Gasteiger partial charge in [-0.25, -0.2) is 0 Å². The van der Waals surface area contributed by atoms with E-state index in [2.05, 4.69) is 22.6 Å². The molecule has 0 N–H and O–H groups in total. The summed E-state index contributed by atoms with van der Waals surface area (Å²) in [4.78, 5) is 0. The van der Waals surface area contributed by atoms with Crippen molar-refractivity contribution in [2.75, 3.05) is 0 Å². The molecule has 1 rings (SSSR count).